The Bertz CT molecular complexity index is 855. The van der Waals surface area contributed by atoms with Crippen LogP contribution in [0, 0.1) is 13.8 Å². The van der Waals surface area contributed by atoms with E-state index < -0.39 is 0 Å². The summed E-state index contributed by atoms with van der Waals surface area (Å²) >= 11 is 1.74. The summed E-state index contributed by atoms with van der Waals surface area (Å²) in [6, 6.07) is 10.2. The number of aromatic nitrogens is 3. The van der Waals surface area contributed by atoms with Crippen LogP contribution in [-0.2, 0) is 13.1 Å². The second-order valence-corrected chi connectivity index (χ2v) is 7.02. The van der Waals surface area contributed by atoms with Crippen molar-refractivity contribution in [3.05, 3.63) is 63.7 Å². The zero-order valence-corrected chi connectivity index (χ0v) is 18.9. The topological polar surface area (TPSA) is 67.1 Å². The first-order valence-electron chi connectivity index (χ1n) is 8.69. The molecule has 2 N–H and O–H groups in total. The Hall–Kier alpha value is -1.94. The van der Waals surface area contributed by atoms with E-state index in [0.717, 1.165) is 41.8 Å². The lowest BCUT2D eigenvalue weighted by molar-refractivity contribution is 0.800. The molecule has 0 saturated heterocycles. The summed E-state index contributed by atoms with van der Waals surface area (Å²) in [7, 11) is 0. The Morgan fingerprint density at radius 3 is 2.67 bits per heavy atom. The summed E-state index contributed by atoms with van der Waals surface area (Å²) < 4.78 is 1.86. The number of aryl methyl sites for hydroxylation is 2. The van der Waals surface area contributed by atoms with Crippen LogP contribution in [0.15, 0.2) is 46.9 Å². The first-order chi connectivity index (χ1) is 12.7. The second kappa shape index (κ2) is 10.4. The number of pyridine rings is 1. The number of nitrogens with one attached hydrogen (secondary N) is 2. The summed E-state index contributed by atoms with van der Waals surface area (Å²) in [5, 5.41) is 13.2. The van der Waals surface area contributed by atoms with E-state index >= 15 is 0 Å². The van der Waals surface area contributed by atoms with Crippen molar-refractivity contribution >= 4 is 41.3 Å². The molecule has 3 heterocycles. The standard InChI is InChI=1S/C19H24N6S.HI/c1-4-20-19(23-13-17-6-5-9-26-17)22-12-16-7-8-18(21-11-16)25-15(3)10-14(2)24-25;/h5-11H,4,12-13H2,1-3H3,(H2,20,22,23);1H. The number of halogens is 1. The number of hydrogen-bond donors (Lipinski definition) is 2. The zero-order chi connectivity index (χ0) is 18.4. The molecular weight excluding hydrogens is 471 g/mol. The largest absolute Gasteiger partial charge is 0.357 e. The van der Waals surface area contributed by atoms with Gasteiger partial charge in [0.2, 0.25) is 0 Å². The molecule has 0 radical (unpaired) electrons. The molecule has 0 fully saturated rings. The number of thiophene rings is 1. The molecule has 3 aromatic rings. The maximum Gasteiger partial charge on any atom is 0.191 e. The Labute approximate surface area is 181 Å². The number of guanidine groups is 1. The fourth-order valence-electron chi connectivity index (χ4n) is 2.59. The van der Waals surface area contributed by atoms with Crippen molar-refractivity contribution in [1.29, 1.82) is 0 Å². The maximum absolute atomic E-state index is 4.64. The van der Waals surface area contributed by atoms with Gasteiger partial charge in [-0.25, -0.2) is 14.7 Å². The van der Waals surface area contributed by atoms with Gasteiger partial charge in [0.25, 0.3) is 0 Å². The van der Waals surface area contributed by atoms with E-state index in [-0.39, 0.29) is 24.0 Å². The Balaban J connectivity index is 0.00000261. The molecule has 3 rings (SSSR count). The number of aliphatic imine (C=N–C) groups is 1. The van der Waals surface area contributed by atoms with Gasteiger partial charge in [0.05, 0.1) is 18.8 Å². The third-order valence-electron chi connectivity index (χ3n) is 3.81. The highest BCUT2D eigenvalue weighted by molar-refractivity contribution is 14.0. The number of nitrogens with zero attached hydrogens (tertiary/aromatic N) is 4. The molecule has 0 amide bonds. The Morgan fingerprint density at radius 2 is 2.07 bits per heavy atom. The summed E-state index contributed by atoms with van der Waals surface area (Å²) in [5.41, 5.74) is 3.13. The smallest absolute Gasteiger partial charge is 0.191 e. The van der Waals surface area contributed by atoms with Gasteiger partial charge in [0.15, 0.2) is 11.8 Å². The molecule has 0 aliphatic heterocycles. The molecule has 0 saturated carbocycles. The van der Waals surface area contributed by atoms with E-state index in [1.807, 2.05) is 42.9 Å². The predicted octanol–water partition coefficient (Wildman–Crippen LogP) is 3.82. The van der Waals surface area contributed by atoms with Crippen molar-refractivity contribution in [1.82, 2.24) is 25.4 Å². The van der Waals surface area contributed by atoms with E-state index in [1.165, 1.54) is 4.88 Å². The minimum atomic E-state index is 0. The molecule has 6 nitrogen and oxygen atoms in total. The van der Waals surface area contributed by atoms with Gasteiger partial charge in [-0.15, -0.1) is 35.3 Å². The average molecular weight is 496 g/mol. The Kier molecular flexibility index (Phi) is 8.23. The molecule has 144 valence electrons. The minimum absolute atomic E-state index is 0. The molecule has 0 aliphatic rings. The summed E-state index contributed by atoms with van der Waals surface area (Å²) in [6.45, 7) is 8.25. The molecular formula is C19H25IN6S. The van der Waals surface area contributed by atoms with Crippen LogP contribution in [0.3, 0.4) is 0 Å². The first kappa shape index (κ1) is 21.4. The van der Waals surface area contributed by atoms with E-state index in [1.54, 1.807) is 11.3 Å². The quantitative estimate of drug-likeness (QED) is 0.310. The van der Waals surface area contributed by atoms with E-state index in [2.05, 4.69) is 50.1 Å². The highest BCUT2D eigenvalue weighted by Crippen LogP contribution is 2.11. The van der Waals surface area contributed by atoms with Crippen LogP contribution >= 0.6 is 35.3 Å². The number of hydrogen-bond acceptors (Lipinski definition) is 4. The minimum Gasteiger partial charge on any atom is -0.357 e. The zero-order valence-electron chi connectivity index (χ0n) is 15.8. The van der Waals surface area contributed by atoms with Crippen molar-refractivity contribution < 1.29 is 0 Å². The van der Waals surface area contributed by atoms with Gasteiger partial charge in [-0.3, -0.25) is 0 Å². The van der Waals surface area contributed by atoms with Crippen molar-refractivity contribution in [3.8, 4) is 5.82 Å². The molecule has 0 aromatic carbocycles. The van der Waals surface area contributed by atoms with Crippen LogP contribution in [0.2, 0.25) is 0 Å². The average Bonchev–Trinajstić information content (AvgIpc) is 3.27. The second-order valence-electron chi connectivity index (χ2n) is 5.99. The highest BCUT2D eigenvalue weighted by Gasteiger charge is 2.05. The van der Waals surface area contributed by atoms with Crippen molar-refractivity contribution in [2.75, 3.05) is 6.54 Å². The molecule has 8 heteroatoms. The molecule has 27 heavy (non-hydrogen) atoms. The van der Waals surface area contributed by atoms with Crippen molar-refractivity contribution in [2.45, 2.75) is 33.9 Å². The van der Waals surface area contributed by atoms with Crippen LogP contribution in [0.25, 0.3) is 5.82 Å². The lowest BCUT2D eigenvalue weighted by Crippen LogP contribution is -2.36. The molecule has 0 spiro atoms. The normalized spacial score (nSPS) is 11.1. The molecule has 0 aliphatic carbocycles. The molecule has 0 atom stereocenters. The lowest BCUT2D eigenvalue weighted by Gasteiger charge is -2.10. The van der Waals surface area contributed by atoms with Crippen LogP contribution in [0.4, 0.5) is 0 Å². The van der Waals surface area contributed by atoms with Gasteiger partial charge in [0, 0.05) is 23.3 Å². The highest BCUT2D eigenvalue weighted by atomic mass is 127. The van der Waals surface area contributed by atoms with Gasteiger partial charge in [0.1, 0.15) is 0 Å². The van der Waals surface area contributed by atoms with Gasteiger partial charge < -0.3 is 10.6 Å². The fourth-order valence-corrected chi connectivity index (χ4v) is 3.24. The van der Waals surface area contributed by atoms with Crippen molar-refractivity contribution in [3.63, 3.8) is 0 Å². The van der Waals surface area contributed by atoms with Gasteiger partial charge in [-0.2, -0.15) is 5.10 Å². The molecule has 3 aromatic heterocycles. The third-order valence-corrected chi connectivity index (χ3v) is 4.69. The first-order valence-corrected chi connectivity index (χ1v) is 9.57. The Morgan fingerprint density at radius 1 is 1.22 bits per heavy atom. The SMILES string of the molecule is CCNC(=NCc1ccc(-n2nc(C)cc2C)nc1)NCc1cccs1.I. The van der Waals surface area contributed by atoms with Crippen molar-refractivity contribution in [2.24, 2.45) is 4.99 Å². The third kappa shape index (κ3) is 6.03. The van der Waals surface area contributed by atoms with E-state index in [4.69, 9.17) is 0 Å². The van der Waals surface area contributed by atoms with Crippen LogP contribution in [-0.4, -0.2) is 27.3 Å². The van der Waals surface area contributed by atoms with Gasteiger partial charge in [-0.1, -0.05) is 12.1 Å². The van der Waals surface area contributed by atoms with Crippen LogP contribution in [0.5, 0.6) is 0 Å². The van der Waals surface area contributed by atoms with Gasteiger partial charge >= 0.3 is 0 Å². The van der Waals surface area contributed by atoms with Crippen LogP contribution < -0.4 is 10.6 Å². The fraction of sp³-hybridized carbons (Fsp3) is 0.316. The molecule has 0 unspecified atom stereocenters. The lowest BCUT2D eigenvalue weighted by atomic mass is 10.3. The van der Waals surface area contributed by atoms with Gasteiger partial charge in [-0.05, 0) is 49.9 Å². The summed E-state index contributed by atoms with van der Waals surface area (Å²) in [5.74, 6) is 1.63. The monoisotopic (exact) mass is 496 g/mol. The number of rotatable bonds is 6. The van der Waals surface area contributed by atoms with E-state index in [9.17, 15) is 0 Å². The predicted molar refractivity (Wildman–Crippen MR) is 122 cm³/mol. The summed E-state index contributed by atoms with van der Waals surface area (Å²) in [4.78, 5) is 10.5. The summed E-state index contributed by atoms with van der Waals surface area (Å²) in [6.07, 6.45) is 1.86. The van der Waals surface area contributed by atoms with Crippen LogP contribution in [0.1, 0.15) is 28.8 Å². The maximum atomic E-state index is 4.64. The molecule has 0 bridgehead atoms. The van der Waals surface area contributed by atoms with E-state index in [0.29, 0.717) is 6.54 Å².